The Morgan fingerprint density at radius 3 is 2.62 bits per heavy atom. The van der Waals surface area contributed by atoms with E-state index in [-0.39, 0.29) is 5.43 Å². The van der Waals surface area contributed by atoms with E-state index in [4.69, 9.17) is 9.15 Å². The Balaban J connectivity index is 2.17. The van der Waals surface area contributed by atoms with E-state index in [1.807, 2.05) is 6.07 Å². The summed E-state index contributed by atoms with van der Waals surface area (Å²) in [7, 11) is 1.59. The van der Waals surface area contributed by atoms with Crippen LogP contribution in [0.1, 0.15) is 50.4 Å². The Morgan fingerprint density at radius 1 is 1.14 bits per heavy atom. The normalized spacial score (nSPS) is 11.0. The van der Waals surface area contributed by atoms with Crippen LogP contribution in [0.15, 0.2) is 27.6 Å². The molecule has 1 aliphatic heterocycles. The summed E-state index contributed by atoms with van der Waals surface area (Å²) in [5.74, 6) is 1.56. The van der Waals surface area contributed by atoms with E-state index in [0.717, 1.165) is 29.7 Å². The van der Waals surface area contributed by atoms with Gasteiger partial charge in [-0.2, -0.15) is 0 Å². The van der Waals surface area contributed by atoms with Crippen LogP contribution >= 0.6 is 0 Å². The van der Waals surface area contributed by atoms with Gasteiger partial charge in [-0.3, -0.25) is 4.79 Å². The average Bonchev–Trinajstić information content (AvgIpc) is 2.48. The highest BCUT2D eigenvalue weighted by Crippen LogP contribution is 2.33. The molecular formula is C18H24O3. The summed E-state index contributed by atoms with van der Waals surface area (Å²) in [5.41, 5.74) is 2.41. The van der Waals surface area contributed by atoms with Crippen LogP contribution in [0.3, 0.4) is 0 Å². The number of unbranched alkanes of at least 4 members (excludes halogenated alkanes) is 4. The standard InChI is InChI=1S/C18H24O3/c1-4-5-6-7-8-9-15-10-14-11-17(19)13(2)18(20-3)16(14)12-21-15/h10-12H,4-9H2,1-3H3. The van der Waals surface area contributed by atoms with Crippen LogP contribution in [0.2, 0.25) is 0 Å². The molecule has 2 rings (SSSR count). The van der Waals surface area contributed by atoms with Gasteiger partial charge in [0.15, 0.2) is 5.43 Å². The maximum atomic E-state index is 11.9. The molecule has 1 aliphatic carbocycles. The van der Waals surface area contributed by atoms with Gasteiger partial charge in [0, 0.05) is 12.0 Å². The molecule has 0 atom stereocenters. The minimum atomic E-state index is 0.0134. The van der Waals surface area contributed by atoms with Crippen LogP contribution in [0.25, 0.3) is 11.1 Å². The van der Waals surface area contributed by atoms with Crippen molar-refractivity contribution in [2.75, 3.05) is 7.11 Å². The van der Waals surface area contributed by atoms with Crippen LogP contribution in [-0.2, 0) is 6.42 Å². The number of fused-ring (bicyclic) bond motifs is 1. The second kappa shape index (κ2) is 7.30. The fourth-order valence-electron chi connectivity index (χ4n) is 2.65. The number of benzene rings is 1. The summed E-state index contributed by atoms with van der Waals surface area (Å²) in [4.78, 5) is 11.9. The third-order valence-electron chi connectivity index (χ3n) is 3.93. The van der Waals surface area contributed by atoms with Gasteiger partial charge >= 0.3 is 0 Å². The minimum absolute atomic E-state index is 0.0134. The summed E-state index contributed by atoms with van der Waals surface area (Å²) in [6, 6.07) is 3.64. The molecule has 1 heterocycles. The van der Waals surface area contributed by atoms with Crippen molar-refractivity contribution in [3.8, 4) is 16.9 Å². The molecule has 0 aromatic rings. The van der Waals surface area contributed by atoms with Crippen molar-refractivity contribution in [2.45, 2.75) is 52.4 Å². The molecule has 0 saturated heterocycles. The molecule has 0 fully saturated rings. The first-order valence-corrected chi connectivity index (χ1v) is 7.76. The van der Waals surface area contributed by atoms with E-state index in [9.17, 15) is 4.79 Å². The highest BCUT2D eigenvalue weighted by Gasteiger charge is 2.15. The van der Waals surface area contributed by atoms with Crippen LogP contribution in [0, 0.1) is 6.92 Å². The van der Waals surface area contributed by atoms with Crippen molar-refractivity contribution in [2.24, 2.45) is 0 Å². The summed E-state index contributed by atoms with van der Waals surface area (Å²) in [6.45, 7) is 4.00. The van der Waals surface area contributed by atoms with E-state index >= 15 is 0 Å². The van der Waals surface area contributed by atoms with Gasteiger partial charge in [-0.25, -0.2) is 0 Å². The number of aryl methyl sites for hydroxylation is 1. The van der Waals surface area contributed by atoms with E-state index in [2.05, 4.69) is 6.92 Å². The second-order valence-electron chi connectivity index (χ2n) is 5.55. The van der Waals surface area contributed by atoms with Gasteiger partial charge in [0.05, 0.1) is 12.7 Å². The molecular weight excluding hydrogens is 264 g/mol. The Hall–Kier alpha value is -1.77. The fraction of sp³-hybridized carbons (Fsp3) is 0.500. The predicted octanol–water partition coefficient (Wildman–Crippen LogP) is 4.57. The summed E-state index contributed by atoms with van der Waals surface area (Å²) >= 11 is 0. The zero-order valence-corrected chi connectivity index (χ0v) is 13.2. The zero-order valence-electron chi connectivity index (χ0n) is 13.2. The maximum Gasteiger partial charge on any atom is 0.185 e. The van der Waals surface area contributed by atoms with Gasteiger partial charge in [0.1, 0.15) is 17.8 Å². The van der Waals surface area contributed by atoms with Crippen molar-refractivity contribution in [3.63, 3.8) is 0 Å². The van der Waals surface area contributed by atoms with Gasteiger partial charge in [0.25, 0.3) is 0 Å². The van der Waals surface area contributed by atoms with Crippen molar-refractivity contribution in [1.82, 2.24) is 0 Å². The summed E-state index contributed by atoms with van der Waals surface area (Å²) < 4.78 is 11.0. The number of rotatable bonds is 7. The van der Waals surface area contributed by atoms with E-state index < -0.39 is 0 Å². The Bertz CT molecular complexity index is 613. The molecule has 114 valence electrons. The summed E-state index contributed by atoms with van der Waals surface area (Å²) in [5, 5.41) is 0. The van der Waals surface area contributed by atoms with Gasteiger partial charge in [-0.05, 0) is 31.0 Å². The highest BCUT2D eigenvalue weighted by atomic mass is 16.5. The molecule has 0 spiro atoms. The van der Waals surface area contributed by atoms with Gasteiger partial charge < -0.3 is 9.15 Å². The highest BCUT2D eigenvalue weighted by molar-refractivity contribution is 5.72. The lowest BCUT2D eigenvalue weighted by Crippen LogP contribution is -2.08. The van der Waals surface area contributed by atoms with Gasteiger partial charge in [0.2, 0.25) is 0 Å². The molecule has 0 saturated carbocycles. The molecule has 0 aromatic carbocycles. The molecule has 3 heteroatoms. The van der Waals surface area contributed by atoms with E-state index in [1.54, 1.807) is 26.4 Å². The van der Waals surface area contributed by atoms with Crippen LogP contribution < -0.4 is 10.2 Å². The molecule has 0 N–H and O–H groups in total. The predicted molar refractivity (Wildman–Crippen MR) is 85.4 cm³/mol. The topological polar surface area (TPSA) is 39.4 Å². The third-order valence-corrected chi connectivity index (χ3v) is 3.93. The molecule has 2 aliphatic rings. The van der Waals surface area contributed by atoms with Gasteiger partial charge in [-0.1, -0.05) is 32.6 Å². The number of methoxy groups -OCH3 is 1. The lowest BCUT2D eigenvalue weighted by molar-refractivity contribution is 0.408. The van der Waals surface area contributed by atoms with Crippen molar-refractivity contribution >= 4 is 0 Å². The van der Waals surface area contributed by atoms with Crippen molar-refractivity contribution in [3.05, 3.63) is 39.9 Å². The Morgan fingerprint density at radius 2 is 1.90 bits per heavy atom. The number of hydrogen-bond acceptors (Lipinski definition) is 3. The first-order chi connectivity index (χ1) is 10.2. The molecule has 0 bridgehead atoms. The molecule has 0 radical (unpaired) electrons. The lowest BCUT2D eigenvalue weighted by atomic mass is 10.00. The maximum absolute atomic E-state index is 11.9. The smallest absolute Gasteiger partial charge is 0.185 e. The van der Waals surface area contributed by atoms with E-state index in [1.165, 1.54) is 25.7 Å². The molecule has 0 unspecified atom stereocenters. The fourth-order valence-corrected chi connectivity index (χ4v) is 2.65. The first-order valence-electron chi connectivity index (χ1n) is 7.76. The van der Waals surface area contributed by atoms with Crippen LogP contribution in [0.4, 0.5) is 0 Å². The molecule has 3 nitrogen and oxygen atoms in total. The third kappa shape index (κ3) is 3.66. The number of hydrogen-bond donors (Lipinski definition) is 0. The number of ether oxygens (including phenoxy) is 1. The van der Waals surface area contributed by atoms with Crippen molar-refractivity contribution < 1.29 is 9.15 Å². The van der Waals surface area contributed by atoms with Gasteiger partial charge in [-0.15, -0.1) is 0 Å². The van der Waals surface area contributed by atoms with Crippen molar-refractivity contribution in [1.29, 1.82) is 0 Å². The molecule has 21 heavy (non-hydrogen) atoms. The lowest BCUT2D eigenvalue weighted by Gasteiger charge is -2.13. The Labute approximate surface area is 126 Å². The molecule has 0 amide bonds. The largest absolute Gasteiger partial charge is 0.496 e. The second-order valence-corrected chi connectivity index (χ2v) is 5.55. The zero-order chi connectivity index (χ0) is 15.2. The molecule has 0 aromatic heterocycles. The Kier molecular flexibility index (Phi) is 5.43. The first kappa shape index (κ1) is 15.6. The van der Waals surface area contributed by atoms with Crippen LogP contribution in [-0.4, -0.2) is 7.11 Å². The monoisotopic (exact) mass is 288 g/mol. The minimum Gasteiger partial charge on any atom is -0.496 e. The summed E-state index contributed by atoms with van der Waals surface area (Å²) in [6.07, 6.45) is 8.82. The SMILES string of the molecule is CCCCCCCc1cc2cc(=O)c(C)c(OC)c-2co1. The van der Waals surface area contributed by atoms with Crippen LogP contribution in [0.5, 0.6) is 5.75 Å². The quantitative estimate of drug-likeness (QED) is 0.700. The average molecular weight is 288 g/mol. The van der Waals surface area contributed by atoms with E-state index in [0.29, 0.717) is 11.3 Å².